The number of amides is 2. The van der Waals surface area contributed by atoms with Gasteiger partial charge in [-0.05, 0) is 19.8 Å². The summed E-state index contributed by atoms with van der Waals surface area (Å²) in [4.78, 5) is 24.0. The maximum absolute atomic E-state index is 13.0. The van der Waals surface area contributed by atoms with E-state index in [0.717, 1.165) is 38.5 Å². The first-order valence-electron chi connectivity index (χ1n) is 16.1. The highest BCUT2D eigenvalue weighted by Gasteiger charge is 2.53. The Labute approximate surface area is 277 Å². The van der Waals surface area contributed by atoms with Gasteiger partial charge in [0.2, 0.25) is 12.2 Å². The van der Waals surface area contributed by atoms with Crippen LogP contribution in [0.2, 0.25) is 0 Å². The molecule has 12 atom stereocenters. The molecule has 0 aromatic rings. The molecule has 0 aromatic carbocycles. The molecule has 2 aliphatic heterocycles. The van der Waals surface area contributed by atoms with Crippen LogP contribution >= 0.6 is 0 Å². The minimum atomic E-state index is -2.47. The van der Waals surface area contributed by atoms with E-state index in [1.54, 1.807) is 5.48 Å². The number of aliphatic hydroxyl groups is 10. The lowest BCUT2D eigenvalue weighted by Gasteiger charge is -2.46. The lowest BCUT2D eigenvalue weighted by Crippen LogP contribution is -2.66. The van der Waals surface area contributed by atoms with E-state index in [4.69, 9.17) is 29.3 Å². The average molecular weight is 701 g/mol. The minimum Gasteiger partial charge on any atom is -0.506 e. The van der Waals surface area contributed by atoms with Crippen molar-refractivity contribution in [3.63, 3.8) is 0 Å². The third-order valence-electron chi connectivity index (χ3n) is 8.15. The van der Waals surface area contributed by atoms with Crippen molar-refractivity contribution < 1.29 is 84.8 Å². The highest BCUT2D eigenvalue weighted by molar-refractivity contribution is 5.81. The van der Waals surface area contributed by atoms with Crippen molar-refractivity contribution in [2.45, 2.75) is 145 Å². The van der Waals surface area contributed by atoms with Gasteiger partial charge in [0, 0.05) is 26.0 Å². The Balaban J connectivity index is 2.03. The molecule has 0 bridgehead atoms. The van der Waals surface area contributed by atoms with Crippen LogP contribution in [0.1, 0.15) is 71.1 Å². The van der Waals surface area contributed by atoms with Crippen LogP contribution in [0.25, 0.3) is 0 Å². The van der Waals surface area contributed by atoms with Gasteiger partial charge in [-0.15, -0.1) is 0 Å². The highest BCUT2D eigenvalue weighted by Crippen LogP contribution is 2.31. The molecule has 19 nitrogen and oxygen atoms in total. The second-order valence-electron chi connectivity index (χ2n) is 11.9. The highest BCUT2D eigenvalue weighted by atomic mass is 16.7. The number of carbonyl (C=O) groups excluding carboxylic acids is 2. The Bertz CT molecular complexity index is 1000. The number of hydroxylamine groups is 1. The molecule has 2 rings (SSSR count). The van der Waals surface area contributed by atoms with E-state index in [0.29, 0.717) is 12.8 Å². The molecule has 2 heterocycles. The number of nitrogens with one attached hydrogen (secondary N) is 2. The van der Waals surface area contributed by atoms with Crippen molar-refractivity contribution in [2.24, 2.45) is 0 Å². The lowest BCUT2D eigenvalue weighted by atomic mass is 9.96. The van der Waals surface area contributed by atoms with Gasteiger partial charge in [-0.1, -0.05) is 38.5 Å². The van der Waals surface area contributed by atoms with Crippen molar-refractivity contribution in [3.05, 3.63) is 11.5 Å². The maximum atomic E-state index is 13.0. The second-order valence-corrected chi connectivity index (χ2v) is 11.9. The van der Waals surface area contributed by atoms with Gasteiger partial charge in [-0.25, -0.2) is 5.48 Å². The average Bonchev–Trinajstić information content (AvgIpc) is 3.06. The monoisotopic (exact) mass is 700 g/mol. The van der Waals surface area contributed by atoms with Gasteiger partial charge in [0.1, 0.15) is 42.7 Å². The number of hydrogen-bond donors (Lipinski definition) is 13. The van der Waals surface area contributed by atoms with Crippen LogP contribution in [0.4, 0.5) is 0 Å². The number of rotatable bonds is 20. The van der Waals surface area contributed by atoms with Crippen LogP contribution in [0.3, 0.4) is 0 Å². The summed E-state index contributed by atoms with van der Waals surface area (Å²) in [6.45, 7) is 0.947. The van der Waals surface area contributed by atoms with Crippen molar-refractivity contribution >= 4 is 11.8 Å². The molecule has 19 heteroatoms. The fourth-order valence-electron chi connectivity index (χ4n) is 5.25. The van der Waals surface area contributed by atoms with E-state index in [2.05, 4.69) is 5.32 Å². The lowest BCUT2D eigenvalue weighted by molar-refractivity contribution is -0.361. The Morgan fingerprint density at radius 2 is 1.40 bits per heavy atom. The van der Waals surface area contributed by atoms with E-state index in [1.165, 1.54) is 6.92 Å². The summed E-state index contributed by atoms with van der Waals surface area (Å²) in [6.07, 6.45) is -15.6. The zero-order valence-corrected chi connectivity index (χ0v) is 26.8. The molecular formula is C29H52N2O17. The maximum Gasteiger partial charge on any atom is 0.252 e. The summed E-state index contributed by atoms with van der Waals surface area (Å²) in [5, 5.41) is 113. The normalized spacial score (nSPS) is 32.6. The topological polar surface area (TPSA) is 318 Å². The number of carbonyl (C=O) groups is 2. The number of aliphatic hydroxyl groups excluding tert-OH is 10. The van der Waals surface area contributed by atoms with Gasteiger partial charge < -0.3 is 75.3 Å². The summed E-state index contributed by atoms with van der Waals surface area (Å²) in [5.74, 6) is -3.76. The predicted octanol–water partition coefficient (Wildman–Crippen LogP) is -2.82. The molecule has 0 aliphatic carbocycles. The fourth-order valence-corrected chi connectivity index (χ4v) is 5.25. The minimum absolute atomic E-state index is 0.183. The van der Waals surface area contributed by atoms with Crippen LogP contribution in [0.5, 0.6) is 0 Å². The van der Waals surface area contributed by atoms with Crippen LogP contribution in [-0.2, 0) is 28.5 Å². The van der Waals surface area contributed by atoms with E-state index in [9.17, 15) is 55.5 Å². The van der Waals surface area contributed by atoms with Gasteiger partial charge in [0.15, 0.2) is 30.2 Å². The van der Waals surface area contributed by atoms with Gasteiger partial charge in [-0.3, -0.25) is 14.8 Å². The van der Waals surface area contributed by atoms with Gasteiger partial charge in [0.25, 0.3) is 5.91 Å². The first-order chi connectivity index (χ1) is 22.7. The molecule has 8 unspecified atom stereocenters. The molecule has 2 fully saturated rings. The molecule has 0 saturated carbocycles. The molecule has 48 heavy (non-hydrogen) atoms. The van der Waals surface area contributed by atoms with E-state index in [-0.39, 0.29) is 13.0 Å². The molecule has 2 aliphatic rings. The predicted molar refractivity (Wildman–Crippen MR) is 159 cm³/mol. The molecule has 2 saturated heterocycles. The SMILES string of the molecule is CC1OC(OC2C(O[C@H](O)/C(O)=C(\O)[C@@H](O)CCO)[C@H](O)OC(C(=O)NCCCCCCCCCCC(=O)NO)[C@H]2O)C(O)C(O)C1O. The summed E-state index contributed by atoms with van der Waals surface area (Å²) in [6, 6.07) is 0. The summed E-state index contributed by atoms with van der Waals surface area (Å²) in [5.41, 5.74) is 1.59. The van der Waals surface area contributed by atoms with Gasteiger partial charge >= 0.3 is 0 Å². The molecule has 0 radical (unpaired) electrons. The smallest absolute Gasteiger partial charge is 0.252 e. The first-order valence-corrected chi connectivity index (χ1v) is 16.1. The first kappa shape index (κ1) is 41.9. The molecule has 0 aromatic heterocycles. The molecular weight excluding hydrogens is 648 g/mol. The third kappa shape index (κ3) is 12.3. The Morgan fingerprint density at radius 3 is 2.00 bits per heavy atom. The molecule has 13 N–H and O–H groups in total. The quantitative estimate of drug-likeness (QED) is 0.0200. The van der Waals surface area contributed by atoms with Gasteiger partial charge in [-0.2, -0.15) is 0 Å². The summed E-state index contributed by atoms with van der Waals surface area (Å²) >= 11 is 0. The van der Waals surface area contributed by atoms with Crippen LogP contribution < -0.4 is 10.8 Å². The van der Waals surface area contributed by atoms with Crippen molar-refractivity contribution in [1.82, 2.24) is 10.8 Å². The standard InChI is InChI=1S/C29H52N2O17/c1-14-17(35)19(37)21(39)29(45-14)48-23-22(40)24(26(41)30-12-9-7-5-3-2-4-6-8-10-16(34)31-44)46-28(43)25(23)47-27(42)20(38)18(36)15(33)11-13-32/h14-15,17,19,21-25,27-29,32-33,35-40,42-44H,2-13H2,1H3,(H,30,41)(H,31,34)/b20-18+/t14?,15-,17?,19?,21?,22-,23?,24?,25?,27-,28+,29?/m0/s1. The third-order valence-corrected chi connectivity index (χ3v) is 8.15. The van der Waals surface area contributed by atoms with E-state index < -0.39 is 110 Å². The van der Waals surface area contributed by atoms with Gasteiger partial charge in [0.05, 0.1) is 6.10 Å². The Kier molecular flexibility index (Phi) is 18.4. The second kappa shape index (κ2) is 21.1. The van der Waals surface area contributed by atoms with E-state index >= 15 is 0 Å². The zero-order chi connectivity index (χ0) is 36.0. The largest absolute Gasteiger partial charge is 0.506 e. The number of hydrogen-bond acceptors (Lipinski definition) is 17. The number of unbranched alkanes of at least 4 members (excludes halogenated alkanes) is 7. The molecule has 280 valence electrons. The van der Waals surface area contributed by atoms with Crippen molar-refractivity contribution in [3.8, 4) is 0 Å². The Morgan fingerprint density at radius 1 is 0.792 bits per heavy atom. The summed E-state index contributed by atoms with van der Waals surface area (Å²) < 4.78 is 21.5. The Hall–Kier alpha value is -2.24. The summed E-state index contributed by atoms with van der Waals surface area (Å²) in [7, 11) is 0. The fraction of sp³-hybridized carbons (Fsp3) is 0.862. The van der Waals surface area contributed by atoms with Crippen LogP contribution in [-0.4, -0.2) is 155 Å². The molecule has 0 spiro atoms. The zero-order valence-electron chi connectivity index (χ0n) is 26.8. The molecule has 2 amide bonds. The van der Waals surface area contributed by atoms with Crippen LogP contribution in [0, 0.1) is 0 Å². The number of ether oxygens (including phenoxy) is 4. The van der Waals surface area contributed by atoms with E-state index in [1.807, 2.05) is 0 Å². The van der Waals surface area contributed by atoms with Crippen molar-refractivity contribution in [2.75, 3.05) is 13.2 Å². The van der Waals surface area contributed by atoms with Crippen LogP contribution in [0.15, 0.2) is 11.5 Å². The van der Waals surface area contributed by atoms with Crippen molar-refractivity contribution in [1.29, 1.82) is 0 Å².